The third-order valence-corrected chi connectivity index (χ3v) is 5.26. The molecule has 27 heavy (non-hydrogen) atoms. The molecule has 1 saturated heterocycles. The molecule has 2 amide bonds. The third-order valence-electron chi connectivity index (χ3n) is 4.91. The Kier molecular flexibility index (Phi) is 6.11. The Morgan fingerprint density at radius 1 is 1.22 bits per heavy atom. The minimum absolute atomic E-state index is 0.0124. The maximum absolute atomic E-state index is 14.0. The average molecular weight is 389 g/mol. The number of amides is 2. The summed E-state index contributed by atoms with van der Waals surface area (Å²) in [5, 5.41) is 0.293. The van der Waals surface area contributed by atoms with Gasteiger partial charge in [-0.2, -0.15) is 0 Å². The van der Waals surface area contributed by atoms with Gasteiger partial charge in [0.1, 0.15) is 5.82 Å². The van der Waals surface area contributed by atoms with Gasteiger partial charge in [-0.1, -0.05) is 48.0 Å². The number of nitrogens with zero attached hydrogens (tertiary/aromatic N) is 2. The molecule has 2 aromatic rings. The molecule has 0 radical (unpaired) electrons. The van der Waals surface area contributed by atoms with Crippen molar-refractivity contribution in [3.05, 3.63) is 70.5 Å². The second-order valence-corrected chi connectivity index (χ2v) is 7.28. The van der Waals surface area contributed by atoms with Crippen molar-refractivity contribution < 1.29 is 14.0 Å². The van der Waals surface area contributed by atoms with Crippen LogP contribution in [0.25, 0.3) is 0 Å². The largest absolute Gasteiger partial charge is 0.342 e. The zero-order valence-corrected chi connectivity index (χ0v) is 16.0. The van der Waals surface area contributed by atoms with Crippen LogP contribution in [0.4, 0.5) is 4.39 Å². The van der Waals surface area contributed by atoms with E-state index in [1.54, 1.807) is 18.0 Å². The molecule has 2 aromatic carbocycles. The Morgan fingerprint density at radius 3 is 2.67 bits per heavy atom. The Hall–Kier alpha value is -2.40. The maximum Gasteiger partial charge on any atom is 0.228 e. The predicted molar refractivity (Wildman–Crippen MR) is 103 cm³/mol. The smallest absolute Gasteiger partial charge is 0.228 e. The number of carbonyl (C=O) groups excluding carboxylic acids is 2. The first-order valence-corrected chi connectivity index (χ1v) is 9.33. The summed E-state index contributed by atoms with van der Waals surface area (Å²) in [6.07, 6.45) is 0.955. The third kappa shape index (κ3) is 4.66. The highest BCUT2D eigenvalue weighted by Crippen LogP contribution is 2.24. The zero-order valence-electron chi connectivity index (χ0n) is 15.2. The molecule has 1 heterocycles. The first-order valence-electron chi connectivity index (χ1n) is 8.95. The topological polar surface area (TPSA) is 40.6 Å². The molecule has 0 unspecified atom stereocenters. The molecule has 3 rings (SSSR count). The molecule has 1 fully saturated rings. The van der Waals surface area contributed by atoms with Crippen LogP contribution in [-0.4, -0.2) is 41.8 Å². The van der Waals surface area contributed by atoms with Crippen LogP contribution < -0.4 is 0 Å². The van der Waals surface area contributed by atoms with Crippen molar-refractivity contribution in [2.75, 3.05) is 20.1 Å². The molecule has 1 aliphatic heterocycles. The fraction of sp³-hybridized carbons (Fsp3) is 0.333. The average Bonchev–Trinajstić information content (AvgIpc) is 3.04. The quantitative estimate of drug-likeness (QED) is 0.759. The molecule has 0 aromatic heterocycles. The lowest BCUT2D eigenvalue weighted by Crippen LogP contribution is -2.35. The van der Waals surface area contributed by atoms with Gasteiger partial charge in [0.25, 0.3) is 0 Å². The lowest BCUT2D eigenvalue weighted by molar-refractivity contribution is -0.135. The Morgan fingerprint density at radius 2 is 1.96 bits per heavy atom. The highest BCUT2D eigenvalue weighted by atomic mass is 35.5. The number of likely N-dealkylation sites (tertiary alicyclic amines) is 1. The monoisotopic (exact) mass is 388 g/mol. The van der Waals surface area contributed by atoms with Crippen molar-refractivity contribution in [3.63, 3.8) is 0 Å². The molecule has 0 bridgehead atoms. The first kappa shape index (κ1) is 19.4. The van der Waals surface area contributed by atoms with E-state index in [-0.39, 0.29) is 24.8 Å². The zero-order chi connectivity index (χ0) is 19.4. The molecule has 0 N–H and O–H groups in total. The van der Waals surface area contributed by atoms with Gasteiger partial charge in [-0.3, -0.25) is 9.59 Å². The van der Waals surface area contributed by atoms with Crippen LogP contribution in [0.15, 0.2) is 48.5 Å². The van der Waals surface area contributed by atoms with E-state index in [0.29, 0.717) is 23.7 Å². The SMILES string of the molecule is CN(Cc1c(F)cccc1Cl)C(=O)[C@H]1CC(=O)N(CCc2ccccc2)C1. The molecule has 1 aliphatic rings. The summed E-state index contributed by atoms with van der Waals surface area (Å²) in [5.74, 6) is -1.01. The van der Waals surface area contributed by atoms with E-state index in [0.717, 1.165) is 12.0 Å². The van der Waals surface area contributed by atoms with Crippen molar-refractivity contribution in [2.45, 2.75) is 19.4 Å². The molecule has 6 heteroatoms. The second-order valence-electron chi connectivity index (χ2n) is 6.87. The van der Waals surface area contributed by atoms with Crippen LogP contribution in [0, 0.1) is 11.7 Å². The maximum atomic E-state index is 14.0. The summed E-state index contributed by atoms with van der Waals surface area (Å²) in [5.41, 5.74) is 1.45. The van der Waals surface area contributed by atoms with Gasteiger partial charge in [0, 0.05) is 43.7 Å². The summed E-state index contributed by atoms with van der Waals surface area (Å²) < 4.78 is 14.0. The summed E-state index contributed by atoms with van der Waals surface area (Å²) in [4.78, 5) is 28.2. The van der Waals surface area contributed by atoms with E-state index < -0.39 is 11.7 Å². The molecule has 4 nitrogen and oxygen atoms in total. The van der Waals surface area contributed by atoms with E-state index >= 15 is 0 Å². The minimum Gasteiger partial charge on any atom is -0.342 e. The molecule has 0 saturated carbocycles. The van der Waals surface area contributed by atoms with Gasteiger partial charge in [-0.25, -0.2) is 4.39 Å². The van der Waals surface area contributed by atoms with Crippen LogP contribution in [0.1, 0.15) is 17.5 Å². The van der Waals surface area contributed by atoms with Crippen molar-refractivity contribution in [3.8, 4) is 0 Å². The van der Waals surface area contributed by atoms with Gasteiger partial charge >= 0.3 is 0 Å². The number of hydrogen-bond acceptors (Lipinski definition) is 2. The van der Waals surface area contributed by atoms with Crippen molar-refractivity contribution in [1.29, 1.82) is 0 Å². The molecule has 142 valence electrons. The summed E-state index contributed by atoms with van der Waals surface area (Å²) in [7, 11) is 1.61. The fourth-order valence-corrected chi connectivity index (χ4v) is 3.60. The van der Waals surface area contributed by atoms with Crippen molar-refractivity contribution >= 4 is 23.4 Å². The van der Waals surface area contributed by atoms with Crippen LogP contribution in [0.3, 0.4) is 0 Å². The van der Waals surface area contributed by atoms with Gasteiger partial charge < -0.3 is 9.80 Å². The van der Waals surface area contributed by atoms with Crippen molar-refractivity contribution in [1.82, 2.24) is 9.80 Å². The fourth-order valence-electron chi connectivity index (χ4n) is 3.37. The van der Waals surface area contributed by atoms with Gasteiger partial charge in [0.15, 0.2) is 0 Å². The standard InChI is InChI=1S/C21H22ClFN2O2/c1-24(14-17-18(22)8-5-9-19(17)23)21(27)16-12-20(26)25(13-16)11-10-15-6-3-2-4-7-15/h2-9,16H,10-14H2,1H3/t16-/m0/s1. The van der Waals surface area contributed by atoms with E-state index in [9.17, 15) is 14.0 Å². The van der Waals surface area contributed by atoms with Crippen LogP contribution in [0.5, 0.6) is 0 Å². The Bertz CT molecular complexity index is 808. The highest BCUT2D eigenvalue weighted by molar-refractivity contribution is 6.31. The normalized spacial score (nSPS) is 16.6. The minimum atomic E-state index is -0.436. The first-order chi connectivity index (χ1) is 13.0. The van der Waals surface area contributed by atoms with E-state index in [2.05, 4.69) is 0 Å². The van der Waals surface area contributed by atoms with Gasteiger partial charge in [0.2, 0.25) is 11.8 Å². The summed E-state index contributed by atoms with van der Waals surface area (Å²) in [6, 6.07) is 14.4. The summed E-state index contributed by atoms with van der Waals surface area (Å²) >= 11 is 6.04. The molecular weight excluding hydrogens is 367 g/mol. The highest BCUT2D eigenvalue weighted by Gasteiger charge is 2.35. The molecular formula is C21H22ClFN2O2. The lowest BCUT2D eigenvalue weighted by Gasteiger charge is -2.22. The number of hydrogen-bond donors (Lipinski definition) is 0. The van der Waals surface area contributed by atoms with E-state index in [4.69, 9.17) is 11.6 Å². The van der Waals surface area contributed by atoms with E-state index in [1.165, 1.54) is 17.0 Å². The number of benzene rings is 2. The Labute approximate surface area is 163 Å². The van der Waals surface area contributed by atoms with E-state index in [1.807, 2.05) is 30.3 Å². The lowest BCUT2D eigenvalue weighted by atomic mass is 10.1. The number of rotatable bonds is 6. The summed E-state index contributed by atoms with van der Waals surface area (Å²) in [6.45, 7) is 1.08. The van der Waals surface area contributed by atoms with Gasteiger partial charge in [0.05, 0.1) is 5.92 Å². The van der Waals surface area contributed by atoms with Crippen molar-refractivity contribution in [2.24, 2.45) is 5.92 Å². The van der Waals surface area contributed by atoms with Crippen LogP contribution in [-0.2, 0) is 22.6 Å². The number of halogens is 2. The molecule has 1 atom stereocenters. The van der Waals surface area contributed by atoms with Gasteiger partial charge in [-0.05, 0) is 24.1 Å². The number of carbonyl (C=O) groups is 2. The molecule has 0 aliphatic carbocycles. The molecule has 0 spiro atoms. The predicted octanol–water partition coefficient (Wildman–Crippen LogP) is 3.53. The second kappa shape index (κ2) is 8.53. The van der Waals surface area contributed by atoms with Gasteiger partial charge in [-0.15, -0.1) is 0 Å². The van der Waals surface area contributed by atoms with Crippen LogP contribution >= 0.6 is 11.6 Å². The van der Waals surface area contributed by atoms with Crippen LogP contribution in [0.2, 0.25) is 5.02 Å². The Balaban J connectivity index is 1.58.